The van der Waals surface area contributed by atoms with Crippen molar-refractivity contribution in [2.75, 3.05) is 14.1 Å². The van der Waals surface area contributed by atoms with Gasteiger partial charge in [-0.1, -0.05) is 30.3 Å². The molecule has 5 heteroatoms. The summed E-state index contributed by atoms with van der Waals surface area (Å²) in [4.78, 5) is 13.8. The lowest BCUT2D eigenvalue weighted by Crippen LogP contribution is -2.12. The molecule has 0 amide bonds. The maximum atomic E-state index is 11.1. The highest BCUT2D eigenvalue weighted by Gasteiger charge is 2.14. The second-order valence-electron chi connectivity index (χ2n) is 5.06. The second-order valence-corrected chi connectivity index (χ2v) is 6.11. The third-order valence-corrected chi connectivity index (χ3v) is 4.05. The largest absolute Gasteiger partial charge is 0.305 e. The maximum absolute atomic E-state index is 11.1. The molecule has 2 aromatic rings. The third-order valence-electron chi connectivity index (χ3n) is 2.98. The van der Waals surface area contributed by atoms with E-state index in [4.69, 9.17) is 0 Å². The Balaban J connectivity index is 2.15. The monoisotopic (exact) mass is 302 g/mol. The molecule has 0 spiro atoms. The van der Waals surface area contributed by atoms with Gasteiger partial charge in [0, 0.05) is 28.8 Å². The lowest BCUT2D eigenvalue weighted by atomic mass is 10.2. The quantitative estimate of drug-likeness (QED) is 0.460. The van der Waals surface area contributed by atoms with Crippen LogP contribution < -0.4 is 0 Å². The Kier molecular flexibility index (Phi) is 5.36. The van der Waals surface area contributed by atoms with E-state index in [1.807, 2.05) is 49.3 Å². The highest BCUT2D eigenvalue weighted by atomic mass is 32.2. The van der Waals surface area contributed by atoms with E-state index in [-0.39, 0.29) is 10.6 Å². The summed E-state index contributed by atoms with van der Waals surface area (Å²) in [6.07, 6.45) is 0. The zero-order valence-electron chi connectivity index (χ0n) is 12.2. The fourth-order valence-electron chi connectivity index (χ4n) is 2.04. The first kappa shape index (κ1) is 15.5. The molecule has 0 aliphatic rings. The van der Waals surface area contributed by atoms with Crippen molar-refractivity contribution in [3.05, 3.63) is 69.8 Å². The van der Waals surface area contributed by atoms with Crippen LogP contribution in [0.4, 0.5) is 5.69 Å². The lowest BCUT2D eigenvalue weighted by Gasteiger charge is -2.11. The normalized spacial score (nSPS) is 10.8. The Hall–Kier alpha value is -1.85. The van der Waals surface area contributed by atoms with Gasteiger partial charge in [-0.15, -0.1) is 11.8 Å². The topological polar surface area (TPSA) is 46.4 Å². The van der Waals surface area contributed by atoms with Crippen molar-refractivity contribution in [1.82, 2.24) is 4.90 Å². The van der Waals surface area contributed by atoms with Crippen LogP contribution in [0.3, 0.4) is 0 Å². The molecule has 0 saturated carbocycles. The van der Waals surface area contributed by atoms with Gasteiger partial charge in [0.15, 0.2) is 0 Å². The summed E-state index contributed by atoms with van der Waals surface area (Å²) in [5.41, 5.74) is 2.19. The molecule has 2 rings (SSSR count). The van der Waals surface area contributed by atoms with Crippen molar-refractivity contribution in [3.63, 3.8) is 0 Å². The van der Waals surface area contributed by atoms with Crippen molar-refractivity contribution in [2.45, 2.75) is 17.2 Å². The number of nitrogens with zero attached hydrogens (tertiary/aromatic N) is 2. The zero-order chi connectivity index (χ0) is 15.2. The highest BCUT2D eigenvalue weighted by molar-refractivity contribution is 7.98. The fourth-order valence-corrected chi connectivity index (χ4v) is 2.95. The van der Waals surface area contributed by atoms with E-state index in [9.17, 15) is 10.1 Å². The van der Waals surface area contributed by atoms with Gasteiger partial charge in [-0.05, 0) is 31.8 Å². The van der Waals surface area contributed by atoms with E-state index < -0.39 is 0 Å². The van der Waals surface area contributed by atoms with Gasteiger partial charge in [0.1, 0.15) is 0 Å². The fraction of sp³-hybridized carbons (Fsp3) is 0.250. The lowest BCUT2D eigenvalue weighted by molar-refractivity contribution is -0.385. The van der Waals surface area contributed by atoms with Gasteiger partial charge in [0.25, 0.3) is 5.69 Å². The minimum absolute atomic E-state index is 0.188. The second kappa shape index (κ2) is 7.24. The predicted molar refractivity (Wildman–Crippen MR) is 86.5 cm³/mol. The van der Waals surface area contributed by atoms with Gasteiger partial charge in [0.2, 0.25) is 0 Å². The molecule has 110 valence electrons. The van der Waals surface area contributed by atoms with Crippen molar-refractivity contribution < 1.29 is 4.92 Å². The van der Waals surface area contributed by atoms with Crippen LogP contribution in [0.2, 0.25) is 0 Å². The van der Waals surface area contributed by atoms with Gasteiger partial charge in [-0.25, -0.2) is 0 Å². The van der Waals surface area contributed by atoms with Gasteiger partial charge in [0.05, 0.1) is 4.92 Å². The van der Waals surface area contributed by atoms with Crippen LogP contribution in [0.5, 0.6) is 0 Å². The molecule has 0 fully saturated rings. The van der Waals surface area contributed by atoms with Crippen LogP contribution in [0.15, 0.2) is 53.4 Å². The summed E-state index contributed by atoms with van der Waals surface area (Å²) < 4.78 is 0. The summed E-state index contributed by atoms with van der Waals surface area (Å²) >= 11 is 1.69. The first-order valence-corrected chi connectivity index (χ1v) is 7.63. The van der Waals surface area contributed by atoms with E-state index in [1.165, 1.54) is 5.56 Å². The number of benzene rings is 2. The van der Waals surface area contributed by atoms with E-state index in [0.29, 0.717) is 6.54 Å². The van der Waals surface area contributed by atoms with Crippen molar-refractivity contribution in [1.29, 1.82) is 0 Å². The van der Waals surface area contributed by atoms with E-state index in [2.05, 4.69) is 12.1 Å². The van der Waals surface area contributed by atoms with Crippen molar-refractivity contribution in [3.8, 4) is 0 Å². The van der Waals surface area contributed by atoms with Crippen LogP contribution in [0.1, 0.15) is 11.1 Å². The van der Waals surface area contributed by atoms with Crippen LogP contribution in [-0.4, -0.2) is 23.9 Å². The Morgan fingerprint density at radius 1 is 1.14 bits per heavy atom. The number of hydrogen-bond acceptors (Lipinski definition) is 4. The standard InChI is InChI=1S/C16H18N2O2S/c1-17(2)11-14-10-15(8-9-16(14)18(19)20)21-12-13-6-4-3-5-7-13/h3-10H,11-12H2,1-2H3. The number of nitro benzene ring substituents is 1. The van der Waals surface area contributed by atoms with Gasteiger partial charge >= 0.3 is 0 Å². The Bertz CT molecular complexity index is 615. The van der Waals surface area contributed by atoms with Crippen molar-refractivity contribution >= 4 is 17.4 Å². The van der Waals surface area contributed by atoms with E-state index in [0.717, 1.165) is 16.2 Å². The minimum Gasteiger partial charge on any atom is -0.305 e. The Labute approximate surface area is 128 Å². The molecule has 0 aliphatic heterocycles. The van der Waals surface area contributed by atoms with Gasteiger partial charge in [-0.2, -0.15) is 0 Å². The predicted octanol–water partition coefficient (Wildman–Crippen LogP) is 3.95. The van der Waals surface area contributed by atoms with Crippen LogP contribution in [0, 0.1) is 10.1 Å². The van der Waals surface area contributed by atoms with E-state index in [1.54, 1.807) is 17.8 Å². The summed E-state index contributed by atoms with van der Waals surface area (Å²) in [6.45, 7) is 0.566. The first-order valence-electron chi connectivity index (χ1n) is 6.65. The minimum atomic E-state index is -0.315. The maximum Gasteiger partial charge on any atom is 0.273 e. The molecule has 4 nitrogen and oxygen atoms in total. The summed E-state index contributed by atoms with van der Waals surface area (Å²) in [5.74, 6) is 0.861. The highest BCUT2D eigenvalue weighted by Crippen LogP contribution is 2.28. The molecule has 21 heavy (non-hydrogen) atoms. The number of thioether (sulfide) groups is 1. The smallest absolute Gasteiger partial charge is 0.273 e. The van der Waals surface area contributed by atoms with Crippen LogP contribution in [0.25, 0.3) is 0 Å². The molecule has 0 aliphatic carbocycles. The number of nitro groups is 1. The van der Waals surface area contributed by atoms with Gasteiger partial charge in [-0.3, -0.25) is 10.1 Å². The number of rotatable bonds is 6. The average Bonchev–Trinajstić information content (AvgIpc) is 2.45. The molecule has 0 atom stereocenters. The molecule has 0 N–H and O–H groups in total. The summed E-state index contributed by atoms with van der Waals surface area (Å²) in [7, 11) is 3.82. The SMILES string of the molecule is CN(C)Cc1cc(SCc2ccccc2)ccc1[N+](=O)[O-]. The third kappa shape index (κ3) is 4.58. The average molecular weight is 302 g/mol. The molecule has 0 unspecified atom stereocenters. The van der Waals surface area contributed by atoms with E-state index >= 15 is 0 Å². The Morgan fingerprint density at radius 2 is 1.86 bits per heavy atom. The molecule has 0 radical (unpaired) electrons. The summed E-state index contributed by atoms with van der Waals surface area (Å²) in [6, 6.07) is 15.5. The van der Waals surface area contributed by atoms with Crippen LogP contribution in [-0.2, 0) is 12.3 Å². The molecule has 0 aromatic heterocycles. The molecule has 0 saturated heterocycles. The molecule has 0 heterocycles. The van der Waals surface area contributed by atoms with Crippen LogP contribution >= 0.6 is 11.8 Å². The summed E-state index contributed by atoms with van der Waals surface area (Å²) in [5, 5.41) is 11.1. The molecule has 0 bridgehead atoms. The number of hydrogen-bond donors (Lipinski definition) is 0. The van der Waals surface area contributed by atoms with Crippen molar-refractivity contribution in [2.24, 2.45) is 0 Å². The Morgan fingerprint density at radius 3 is 2.48 bits per heavy atom. The first-order chi connectivity index (χ1) is 10.1. The van der Waals surface area contributed by atoms with Gasteiger partial charge < -0.3 is 4.90 Å². The molecule has 2 aromatic carbocycles. The zero-order valence-corrected chi connectivity index (χ0v) is 13.0. The molecular formula is C16H18N2O2S. The molecular weight excluding hydrogens is 284 g/mol.